The van der Waals surface area contributed by atoms with Crippen molar-refractivity contribution >= 4 is 39.9 Å². The molecule has 1 saturated heterocycles. The maximum absolute atomic E-state index is 12.5. The van der Waals surface area contributed by atoms with Crippen molar-refractivity contribution < 1.29 is 9.59 Å². The molecule has 6 nitrogen and oxygen atoms in total. The molecular weight excluding hydrogens is 360 g/mol. The lowest BCUT2D eigenvalue weighted by Crippen LogP contribution is -2.48. The topological polar surface area (TPSA) is 65.5 Å². The number of hydrogen-bond acceptors (Lipinski definition) is 5. The van der Waals surface area contributed by atoms with Crippen LogP contribution in [-0.2, 0) is 11.3 Å². The summed E-state index contributed by atoms with van der Waals surface area (Å²) in [5.41, 5.74) is 1.56. The van der Waals surface area contributed by atoms with Crippen LogP contribution < -0.4 is 5.32 Å². The SMILES string of the molecule is CC(=O)Nc1nc(CN2CCN(C(=O)c3cccc(Cl)c3)CC2)cs1. The van der Waals surface area contributed by atoms with Crippen molar-refractivity contribution in [3.05, 3.63) is 45.9 Å². The number of carbonyl (C=O) groups excluding carboxylic acids is 2. The molecule has 0 saturated carbocycles. The molecule has 2 amide bonds. The minimum absolute atomic E-state index is 0.0174. The van der Waals surface area contributed by atoms with Crippen LogP contribution in [0.4, 0.5) is 5.13 Å². The fourth-order valence-corrected chi connectivity index (χ4v) is 3.67. The molecule has 0 atom stereocenters. The Morgan fingerprint density at radius 2 is 2.04 bits per heavy atom. The van der Waals surface area contributed by atoms with Gasteiger partial charge in [0.2, 0.25) is 5.91 Å². The number of hydrogen-bond donors (Lipinski definition) is 1. The van der Waals surface area contributed by atoms with Crippen molar-refractivity contribution in [2.45, 2.75) is 13.5 Å². The molecule has 0 bridgehead atoms. The molecule has 8 heteroatoms. The van der Waals surface area contributed by atoms with E-state index in [0.29, 0.717) is 28.8 Å². The Morgan fingerprint density at radius 1 is 1.28 bits per heavy atom. The summed E-state index contributed by atoms with van der Waals surface area (Å²) < 4.78 is 0. The van der Waals surface area contributed by atoms with Crippen LogP contribution >= 0.6 is 22.9 Å². The Kier molecular flexibility index (Phi) is 5.67. The summed E-state index contributed by atoms with van der Waals surface area (Å²) in [6.45, 7) is 5.12. The number of amides is 2. The Balaban J connectivity index is 1.52. The fraction of sp³-hybridized carbons (Fsp3) is 0.353. The zero-order chi connectivity index (χ0) is 17.8. The average Bonchev–Trinajstić information content (AvgIpc) is 3.01. The maximum Gasteiger partial charge on any atom is 0.253 e. The minimum Gasteiger partial charge on any atom is -0.336 e. The van der Waals surface area contributed by atoms with Crippen molar-refractivity contribution in [3.63, 3.8) is 0 Å². The molecule has 1 aliphatic heterocycles. The van der Waals surface area contributed by atoms with Gasteiger partial charge in [0.15, 0.2) is 5.13 Å². The third-order valence-corrected chi connectivity index (χ3v) is 4.99. The molecule has 25 heavy (non-hydrogen) atoms. The van der Waals surface area contributed by atoms with Crippen LogP contribution in [0.2, 0.25) is 5.02 Å². The highest BCUT2D eigenvalue weighted by molar-refractivity contribution is 7.13. The first kappa shape index (κ1) is 17.8. The van der Waals surface area contributed by atoms with Crippen LogP contribution in [0.15, 0.2) is 29.6 Å². The summed E-state index contributed by atoms with van der Waals surface area (Å²) in [6, 6.07) is 7.05. The number of thiazole rings is 1. The molecule has 2 aromatic rings. The fourth-order valence-electron chi connectivity index (χ4n) is 2.73. The highest BCUT2D eigenvalue weighted by Crippen LogP contribution is 2.18. The van der Waals surface area contributed by atoms with Gasteiger partial charge in [0.05, 0.1) is 5.69 Å². The number of benzene rings is 1. The Morgan fingerprint density at radius 3 is 2.72 bits per heavy atom. The molecule has 1 aromatic heterocycles. The molecule has 1 N–H and O–H groups in total. The Labute approximate surface area is 155 Å². The highest BCUT2D eigenvalue weighted by Gasteiger charge is 2.22. The summed E-state index contributed by atoms with van der Waals surface area (Å²) in [4.78, 5) is 32.1. The molecule has 3 rings (SSSR count). The van der Waals surface area contributed by atoms with Crippen LogP contribution in [-0.4, -0.2) is 52.8 Å². The number of aromatic nitrogens is 1. The van der Waals surface area contributed by atoms with E-state index in [1.807, 2.05) is 10.3 Å². The molecule has 1 fully saturated rings. The van der Waals surface area contributed by atoms with Crippen LogP contribution in [0.1, 0.15) is 23.0 Å². The van der Waals surface area contributed by atoms with Crippen LogP contribution in [0.5, 0.6) is 0 Å². The van der Waals surface area contributed by atoms with E-state index in [0.717, 1.165) is 25.3 Å². The Hall–Kier alpha value is -1.96. The molecule has 0 unspecified atom stereocenters. The average molecular weight is 379 g/mol. The first-order valence-electron chi connectivity index (χ1n) is 8.00. The normalized spacial score (nSPS) is 15.2. The van der Waals surface area contributed by atoms with E-state index in [-0.39, 0.29) is 11.8 Å². The summed E-state index contributed by atoms with van der Waals surface area (Å²) >= 11 is 7.39. The molecule has 0 radical (unpaired) electrons. The summed E-state index contributed by atoms with van der Waals surface area (Å²) in [5.74, 6) is -0.0993. The molecule has 1 aromatic carbocycles. The second-order valence-corrected chi connectivity index (χ2v) is 7.20. The lowest BCUT2D eigenvalue weighted by atomic mass is 10.2. The van der Waals surface area contributed by atoms with E-state index >= 15 is 0 Å². The van der Waals surface area contributed by atoms with E-state index < -0.39 is 0 Å². The van der Waals surface area contributed by atoms with Crippen LogP contribution in [0.3, 0.4) is 0 Å². The maximum atomic E-state index is 12.5. The number of piperazine rings is 1. The molecular formula is C17H19ClN4O2S. The number of rotatable bonds is 4. The van der Waals surface area contributed by atoms with Crippen molar-refractivity contribution in [2.24, 2.45) is 0 Å². The molecule has 0 spiro atoms. The number of anilines is 1. The second-order valence-electron chi connectivity index (χ2n) is 5.90. The number of halogens is 1. The van der Waals surface area contributed by atoms with Crippen molar-refractivity contribution in [1.29, 1.82) is 0 Å². The smallest absolute Gasteiger partial charge is 0.253 e. The summed E-state index contributed by atoms with van der Waals surface area (Å²) in [6.07, 6.45) is 0. The van der Waals surface area contributed by atoms with Gasteiger partial charge in [-0.3, -0.25) is 14.5 Å². The van der Waals surface area contributed by atoms with Crippen molar-refractivity contribution in [3.8, 4) is 0 Å². The van der Waals surface area contributed by atoms with Crippen LogP contribution in [0.25, 0.3) is 0 Å². The lowest BCUT2D eigenvalue weighted by molar-refractivity contribution is -0.114. The standard InChI is InChI=1S/C17H19ClN4O2S/c1-12(23)19-17-20-15(11-25-17)10-21-5-7-22(8-6-21)16(24)13-3-2-4-14(18)9-13/h2-4,9,11H,5-8,10H2,1H3,(H,19,20,23). The van der Waals surface area contributed by atoms with Gasteiger partial charge < -0.3 is 10.2 Å². The van der Waals surface area contributed by atoms with E-state index in [1.54, 1.807) is 24.3 Å². The first-order chi connectivity index (χ1) is 12.0. The minimum atomic E-state index is -0.117. The monoisotopic (exact) mass is 378 g/mol. The van der Waals surface area contributed by atoms with Gasteiger partial charge in [-0.2, -0.15) is 0 Å². The summed E-state index contributed by atoms with van der Waals surface area (Å²) in [5, 5.41) is 5.84. The predicted molar refractivity (Wildman–Crippen MR) is 99.1 cm³/mol. The van der Waals surface area contributed by atoms with Crippen molar-refractivity contribution in [2.75, 3.05) is 31.5 Å². The van der Waals surface area contributed by atoms with Gasteiger partial charge in [0.25, 0.3) is 5.91 Å². The number of nitrogens with zero attached hydrogens (tertiary/aromatic N) is 3. The van der Waals surface area contributed by atoms with E-state index in [9.17, 15) is 9.59 Å². The number of nitrogens with one attached hydrogen (secondary N) is 1. The van der Waals surface area contributed by atoms with E-state index in [2.05, 4.69) is 15.2 Å². The largest absolute Gasteiger partial charge is 0.336 e. The first-order valence-corrected chi connectivity index (χ1v) is 9.26. The quantitative estimate of drug-likeness (QED) is 0.888. The van der Waals surface area contributed by atoms with Gasteiger partial charge in [-0.1, -0.05) is 17.7 Å². The van der Waals surface area contributed by atoms with E-state index in [1.165, 1.54) is 18.3 Å². The molecule has 0 aliphatic carbocycles. The predicted octanol–water partition coefficient (Wildman–Crippen LogP) is 2.71. The highest BCUT2D eigenvalue weighted by atomic mass is 35.5. The summed E-state index contributed by atoms with van der Waals surface area (Å²) in [7, 11) is 0. The van der Waals surface area contributed by atoms with Gasteiger partial charge >= 0.3 is 0 Å². The van der Waals surface area contributed by atoms with Crippen molar-refractivity contribution in [1.82, 2.24) is 14.8 Å². The molecule has 132 valence electrons. The van der Waals surface area contributed by atoms with Gasteiger partial charge in [0, 0.05) is 55.6 Å². The van der Waals surface area contributed by atoms with Crippen LogP contribution in [0, 0.1) is 0 Å². The molecule has 1 aliphatic rings. The van der Waals surface area contributed by atoms with Gasteiger partial charge in [-0.05, 0) is 18.2 Å². The zero-order valence-electron chi connectivity index (χ0n) is 13.9. The van der Waals surface area contributed by atoms with E-state index in [4.69, 9.17) is 11.6 Å². The third-order valence-electron chi connectivity index (χ3n) is 3.95. The Bertz CT molecular complexity index is 772. The van der Waals surface area contributed by atoms with Gasteiger partial charge in [-0.25, -0.2) is 4.98 Å². The zero-order valence-corrected chi connectivity index (χ0v) is 15.4. The third kappa shape index (κ3) is 4.78. The van der Waals surface area contributed by atoms with Gasteiger partial charge in [0.1, 0.15) is 0 Å². The lowest BCUT2D eigenvalue weighted by Gasteiger charge is -2.34. The number of carbonyl (C=O) groups is 2. The second kappa shape index (κ2) is 7.95. The molecule has 2 heterocycles. The van der Waals surface area contributed by atoms with Gasteiger partial charge in [-0.15, -0.1) is 11.3 Å².